The Morgan fingerprint density at radius 1 is 1.32 bits per heavy atom. The van der Waals surface area contributed by atoms with Gasteiger partial charge in [-0.3, -0.25) is 0 Å². The van der Waals surface area contributed by atoms with E-state index in [2.05, 4.69) is 10.4 Å². The summed E-state index contributed by atoms with van der Waals surface area (Å²) in [6.45, 7) is 1.84. The van der Waals surface area contributed by atoms with Crippen molar-refractivity contribution in [3.63, 3.8) is 0 Å². The van der Waals surface area contributed by atoms with Crippen molar-refractivity contribution < 1.29 is 15.3 Å². The number of phenolic OH excluding ortho intramolecular Hbond substituents is 2. The number of nitrogen functional groups attached to an aromatic ring is 1. The van der Waals surface area contributed by atoms with E-state index in [0.29, 0.717) is 29.3 Å². The maximum Gasteiger partial charge on any atom is 0.145 e. The minimum atomic E-state index is -0.0606. The number of rotatable bonds is 4. The second-order valence-corrected chi connectivity index (χ2v) is 4.12. The number of nitrogens with one attached hydrogen (secondary N) is 1. The van der Waals surface area contributed by atoms with E-state index in [9.17, 15) is 10.2 Å². The summed E-state index contributed by atoms with van der Waals surface area (Å²) >= 11 is 0. The average Bonchev–Trinajstić information content (AvgIpc) is 2.73. The molecule has 6 N–H and O–H groups in total. The van der Waals surface area contributed by atoms with E-state index in [1.165, 1.54) is 16.9 Å². The molecule has 0 atom stereocenters. The zero-order chi connectivity index (χ0) is 14.0. The van der Waals surface area contributed by atoms with Crippen LogP contribution >= 0.6 is 0 Å². The van der Waals surface area contributed by atoms with E-state index < -0.39 is 0 Å². The smallest absolute Gasteiger partial charge is 0.145 e. The molecule has 0 saturated carbocycles. The molecule has 0 aliphatic rings. The Morgan fingerprint density at radius 2 is 2.05 bits per heavy atom. The molecule has 19 heavy (non-hydrogen) atoms. The second-order valence-electron chi connectivity index (χ2n) is 4.12. The van der Waals surface area contributed by atoms with Crippen LogP contribution in [0.15, 0.2) is 18.3 Å². The highest BCUT2D eigenvalue weighted by molar-refractivity contribution is 5.74. The number of aliphatic hydroxyl groups excluding tert-OH is 1. The lowest BCUT2D eigenvalue weighted by atomic mass is 10.1. The van der Waals surface area contributed by atoms with E-state index in [1.807, 2.05) is 0 Å². The molecule has 0 radical (unpaired) electrons. The zero-order valence-electron chi connectivity index (χ0n) is 10.5. The van der Waals surface area contributed by atoms with Crippen molar-refractivity contribution in [2.45, 2.75) is 13.5 Å². The van der Waals surface area contributed by atoms with Crippen molar-refractivity contribution in [2.24, 2.45) is 0 Å². The molecule has 7 heteroatoms. The van der Waals surface area contributed by atoms with Crippen LogP contribution in [0.5, 0.6) is 11.5 Å². The molecule has 2 aromatic rings. The molecule has 7 nitrogen and oxygen atoms in total. The highest BCUT2D eigenvalue weighted by atomic mass is 16.3. The van der Waals surface area contributed by atoms with Gasteiger partial charge in [-0.25, -0.2) is 4.68 Å². The summed E-state index contributed by atoms with van der Waals surface area (Å²) in [5.74, 6) is 0.334. The summed E-state index contributed by atoms with van der Waals surface area (Å²) < 4.78 is 1.45. The van der Waals surface area contributed by atoms with E-state index in [4.69, 9.17) is 10.8 Å². The van der Waals surface area contributed by atoms with Crippen LogP contribution < -0.4 is 11.1 Å². The first-order valence-electron chi connectivity index (χ1n) is 5.75. The van der Waals surface area contributed by atoms with Gasteiger partial charge in [0.15, 0.2) is 0 Å². The van der Waals surface area contributed by atoms with E-state index >= 15 is 0 Å². The van der Waals surface area contributed by atoms with Crippen molar-refractivity contribution >= 4 is 17.2 Å². The summed E-state index contributed by atoms with van der Waals surface area (Å²) in [4.78, 5) is 0. The quantitative estimate of drug-likeness (QED) is 0.414. The van der Waals surface area contributed by atoms with Gasteiger partial charge in [0.2, 0.25) is 0 Å². The number of nitrogens with zero attached hydrogens (tertiary/aromatic N) is 2. The summed E-state index contributed by atoms with van der Waals surface area (Å²) in [6.07, 6.45) is 1.51. The van der Waals surface area contributed by atoms with E-state index in [1.54, 1.807) is 13.0 Å². The molecular formula is C12H16N4O3. The van der Waals surface area contributed by atoms with Crippen LogP contribution in [0.3, 0.4) is 0 Å². The minimum Gasteiger partial charge on any atom is -0.508 e. The van der Waals surface area contributed by atoms with Crippen LogP contribution in [-0.4, -0.2) is 31.7 Å². The minimum absolute atomic E-state index is 0.0204. The van der Waals surface area contributed by atoms with Gasteiger partial charge in [-0.15, -0.1) is 0 Å². The van der Waals surface area contributed by atoms with Crippen LogP contribution in [-0.2, 0) is 6.54 Å². The Morgan fingerprint density at radius 3 is 2.74 bits per heavy atom. The standard InChI is InChI=1S/C12H16N4O3/c1-7-10(18)3-2-8(11(7)19)15-9-6-14-16(4-5-17)12(9)13/h2-3,6,15,17-19H,4-5,13H2,1H3. The number of hydrogen-bond donors (Lipinski definition) is 5. The lowest BCUT2D eigenvalue weighted by Crippen LogP contribution is -2.08. The molecule has 0 aliphatic heterocycles. The third-order valence-corrected chi connectivity index (χ3v) is 2.86. The highest BCUT2D eigenvalue weighted by Gasteiger charge is 2.12. The van der Waals surface area contributed by atoms with Gasteiger partial charge >= 0.3 is 0 Å². The number of hydrogen-bond acceptors (Lipinski definition) is 6. The lowest BCUT2D eigenvalue weighted by Gasteiger charge is -2.11. The fourth-order valence-corrected chi connectivity index (χ4v) is 1.70. The molecular weight excluding hydrogens is 248 g/mol. The second kappa shape index (κ2) is 5.07. The normalized spacial score (nSPS) is 10.6. The molecule has 102 valence electrons. The van der Waals surface area contributed by atoms with E-state index in [0.717, 1.165) is 0 Å². The number of aromatic hydroxyl groups is 2. The van der Waals surface area contributed by atoms with Crippen LogP contribution in [0.2, 0.25) is 0 Å². The van der Waals surface area contributed by atoms with Crippen molar-refractivity contribution in [1.82, 2.24) is 9.78 Å². The molecule has 0 aliphatic carbocycles. The number of aliphatic hydroxyl groups is 1. The molecule has 1 aromatic heterocycles. The number of benzene rings is 1. The highest BCUT2D eigenvalue weighted by Crippen LogP contribution is 2.35. The first-order valence-corrected chi connectivity index (χ1v) is 5.75. The van der Waals surface area contributed by atoms with Crippen LogP contribution in [0.1, 0.15) is 5.56 Å². The van der Waals surface area contributed by atoms with Crippen molar-refractivity contribution in [3.8, 4) is 11.5 Å². The van der Waals surface area contributed by atoms with Gasteiger partial charge in [-0.05, 0) is 19.1 Å². The Balaban J connectivity index is 2.29. The topological polar surface area (TPSA) is 117 Å². The number of aromatic nitrogens is 2. The Kier molecular flexibility index (Phi) is 3.48. The SMILES string of the molecule is Cc1c(O)ccc(Nc2cnn(CCO)c2N)c1O. The number of phenols is 2. The first-order chi connectivity index (χ1) is 9.04. The summed E-state index contributed by atoms with van der Waals surface area (Å²) in [7, 11) is 0. The van der Waals surface area contributed by atoms with Crippen LogP contribution in [0.4, 0.5) is 17.2 Å². The summed E-state index contributed by atoms with van der Waals surface area (Å²) in [6, 6.07) is 3.02. The van der Waals surface area contributed by atoms with Gasteiger partial charge in [0.05, 0.1) is 25.0 Å². The largest absolute Gasteiger partial charge is 0.508 e. The van der Waals surface area contributed by atoms with Gasteiger partial charge in [-0.1, -0.05) is 0 Å². The van der Waals surface area contributed by atoms with Gasteiger partial charge in [0.25, 0.3) is 0 Å². The van der Waals surface area contributed by atoms with Crippen molar-refractivity contribution in [2.75, 3.05) is 17.7 Å². The van der Waals surface area contributed by atoms with Crippen LogP contribution in [0, 0.1) is 6.92 Å². The van der Waals surface area contributed by atoms with Crippen molar-refractivity contribution in [1.29, 1.82) is 0 Å². The molecule has 0 unspecified atom stereocenters. The molecule has 1 aromatic carbocycles. The van der Waals surface area contributed by atoms with Gasteiger partial charge < -0.3 is 26.4 Å². The third kappa shape index (κ3) is 2.41. The Bertz CT molecular complexity index is 595. The first kappa shape index (κ1) is 13.0. The fourth-order valence-electron chi connectivity index (χ4n) is 1.70. The third-order valence-electron chi connectivity index (χ3n) is 2.86. The lowest BCUT2D eigenvalue weighted by molar-refractivity contribution is 0.270. The van der Waals surface area contributed by atoms with Crippen molar-refractivity contribution in [3.05, 3.63) is 23.9 Å². The average molecular weight is 264 g/mol. The predicted molar refractivity (Wildman–Crippen MR) is 71.5 cm³/mol. The Labute approximate surface area is 109 Å². The zero-order valence-corrected chi connectivity index (χ0v) is 10.5. The predicted octanol–water partition coefficient (Wildman–Crippen LogP) is 0.921. The van der Waals surface area contributed by atoms with Crippen LogP contribution in [0.25, 0.3) is 0 Å². The summed E-state index contributed by atoms with van der Waals surface area (Å²) in [5.41, 5.74) is 7.18. The number of nitrogens with two attached hydrogens (primary N) is 1. The molecule has 0 fully saturated rings. The number of anilines is 3. The maximum absolute atomic E-state index is 9.91. The molecule has 0 spiro atoms. The summed E-state index contributed by atoms with van der Waals surface area (Å²) in [5, 5.41) is 35.2. The van der Waals surface area contributed by atoms with Gasteiger partial charge in [0.1, 0.15) is 23.0 Å². The van der Waals surface area contributed by atoms with Gasteiger partial charge in [0, 0.05) is 5.56 Å². The molecule has 0 bridgehead atoms. The monoisotopic (exact) mass is 264 g/mol. The molecule has 2 rings (SSSR count). The Hall–Kier alpha value is -2.41. The molecule has 0 saturated heterocycles. The molecule has 1 heterocycles. The molecule has 0 amide bonds. The van der Waals surface area contributed by atoms with E-state index in [-0.39, 0.29) is 18.1 Å². The maximum atomic E-state index is 9.91. The van der Waals surface area contributed by atoms with Gasteiger partial charge in [-0.2, -0.15) is 5.10 Å². The fraction of sp³-hybridized carbons (Fsp3) is 0.250.